The minimum atomic E-state index is -0.853. The maximum atomic E-state index is 11.8. The van der Waals surface area contributed by atoms with Crippen molar-refractivity contribution in [3.63, 3.8) is 0 Å². The maximum Gasteiger partial charge on any atom is 1.00 e. The van der Waals surface area contributed by atoms with Crippen LogP contribution in [0.25, 0.3) is 0 Å². The van der Waals surface area contributed by atoms with E-state index in [9.17, 15) is 14.7 Å². The van der Waals surface area contributed by atoms with Crippen LogP contribution in [-0.4, -0.2) is 29.3 Å². The molecule has 0 fully saturated rings. The molecule has 0 saturated heterocycles. The molecular weight excluding hydrogens is 375 g/mol. The van der Waals surface area contributed by atoms with Crippen LogP contribution >= 0.6 is 0 Å². The number of phenols is 1. The Hall–Kier alpha value is -0.574. The van der Waals surface area contributed by atoms with Gasteiger partial charge in [-0.25, -0.2) is 4.79 Å². The molecule has 6 nitrogen and oxygen atoms in total. The average Bonchev–Trinajstić information content (AvgIpc) is 2.89. The fourth-order valence-corrected chi connectivity index (χ4v) is 2.71. The van der Waals surface area contributed by atoms with Gasteiger partial charge in [0.1, 0.15) is 23.7 Å². The Labute approximate surface area is 195 Å². The van der Waals surface area contributed by atoms with Crippen LogP contribution in [0.2, 0.25) is 0 Å². The monoisotopic (exact) mass is 394 g/mol. The molecule has 0 bridgehead atoms. The number of cyclic esters (lactones) is 1. The largest absolute Gasteiger partial charge is 1.00 e. The van der Waals surface area contributed by atoms with Crippen LogP contribution in [0.15, 0.2) is 11.6 Å². The maximum absolute atomic E-state index is 11.8. The molecular formula is C17H20ClKO6. The fourth-order valence-electron chi connectivity index (χ4n) is 2.71. The van der Waals surface area contributed by atoms with Gasteiger partial charge in [0.15, 0.2) is 0 Å². The Morgan fingerprint density at radius 1 is 1.36 bits per heavy atom. The zero-order chi connectivity index (χ0) is 17.1. The number of fused-ring (bicyclic) bond motifs is 1. The summed E-state index contributed by atoms with van der Waals surface area (Å²) >= 11 is 0. The molecule has 1 heterocycles. The average molecular weight is 395 g/mol. The number of hydrogen-bond acceptors (Lipinski definition) is 5. The van der Waals surface area contributed by atoms with E-state index in [1.807, 2.05) is 19.9 Å². The summed E-state index contributed by atoms with van der Waals surface area (Å²) in [6, 6.07) is 0. The first kappa shape index (κ1) is 24.4. The molecule has 8 heteroatoms. The van der Waals surface area contributed by atoms with Gasteiger partial charge in [0.2, 0.25) is 0 Å². The molecule has 25 heavy (non-hydrogen) atoms. The summed E-state index contributed by atoms with van der Waals surface area (Å²) < 4.78 is 10.4. The Bertz CT molecular complexity index is 699. The second-order valence-electron chi connectivity index (χ2n) is 5.56. The van der Waals surface area contributed by atoms with E-state index in [4.69, 9.17) is 14.6 Å². The number of rotatable bonds is 6. The van der Waals surface area contributed by atoms with Gasteiger partial charge in [0.25, 0.3) is 0 Å². The number of carboxylic acids is 1. The third kappa shape index (κ3) is 5.45. The van der Waals surface area contributed by atoms with Crippen LogP contribution in [-0.2, 0) is 22.6 Å². The molecule has 0 aliphatic carbocycles. The number of esters is 1. The third-order valence-electron chi connectivity index (χ3n) is 4.04. The molecule has 1 aliphatic rings. The predicted molar refractivity (Wildman–Crippen MR) is 82.8 cm³/mol. The van der Waals surface area contributed by atoms with E-state index in [0.29, 0.717) is 29.7 Å². The number of aliphatic carboxylic acids is 1. The summed E-state index contributed by atoms with van der Waals surface area (Å²) in [7, 11) is 1.51. The number of carbonyl (C=O) groups excluding carboxylic acids is 1. The standard InChI is InChI=1S/C17H20O6.ClH.K/c1-9(5-7-13(18)19)4-6-11-15(20)14-12(8-23-17(14)21)10(2)16(11)22-3;;/h4,20H,5-8H2,1-3H3,(H,18,19);1H;/q;;+1/p-1/b9-4+;;. The van der Waals surface area contributed by atoms with Gasteiger partial charge in [-0.15, -0.1) is 0 Å². The van der Waals surface area contributed by atoms with E-state index in [0.717, 1.165) is 11.1 Å². The minimum absolute atomic E-state index is 0. The van der Waals surface area contributed by atoms with Crippen LogP contribution in [0.4, 0.5) is 0 Å². The Morgan fingerprint density at radius 3 is 2.56 bits per heavy atom. The molecule has 0 atom stereocenters. The zero-order valence-corrected chi connectivity index (χ0v) is 18.7. The first-order valence-electron chi connectivity index (χ1n) is 7.32. The van der Waals surface area contributed by atoms with Crippen molar-refractivity contribution in [1.29, 1.82) is 0 Å². The smallest absolute Gasteiger partial charge is 1.00 e. The van der Waals surface area contributed by atoms with Gasteiger partial charge >= 0.3 is 63.3 Å². The molecule has 0 radical (unpaired) electrons. The van der Waals surface area contributed by atoms with Crippen LogP contribution in [0.5, 0.6) is 11.5 Å². The topological polar surface area (TPSA) is 93.1 Å². The van der Waals surface area contributed by atoms with Crippen molar-refractivity contribution in [2.75, 3.05) is 7.11 Å². The molecule has 1 aromatic rings. The van der Waals surface area contributed by atoms with E-state index in [1.165, 1.54) is 7.11 Å². The van der Waals surface area contributed by atoms with Crippen LogP contribution in [0.1, 0.15) is 46.8 Å². The Kier molecular flexibility index (Phi) is 10.3. The third-order valence-corrected chi connectivity index (χ3v) is 4.04. The van der Waals surface area contributed by atoms with Crippen molar-refractivity contribution < 1.29 is 93.1 Å². The summed E-state index contributed by atoms with van der Waals surface area (Å²) in [5.74, 6) is -0.973. The Morgan fingerprint density at radius 2 is 2.00 bits per heavy atom. The number of ether oxygens (including phenoxy) is 2. The number of carboxylic acid groups (broad SMARTS) is 1. The number of allylic oxidation sites excluding steroid dienone is 2. The number of phenolic OH excluding ortho intramolecular Hbond substituents is 1. The van der Waals surface area contributed by atoms with E-state index in [-0.39, 0.29) is 88.1 Å². The summed E-state index contributed by atoms with van der Waals surface area (Å²) in [6.07, 6.45) is 2.68. The first-order chi connectivity index (χ1) is 10.9. The minimum Gasteiger partial charge on any atom is -1.00 e. The van der Waals surface area contributed by atoms with Crippen molar-refractivity contribution >= 4 is 11.9 Å². The second kappa shape index (κ2) is 10.5. The second-order valence-corrected chi connectivity index (χ2v) is 5.56. The summed E-state index contributed by atoms with van der Waals surface area (Å²) in [5.41, 5.74) is 3.04. The number of halogens is 1. The van der Waals surface area contributed by atoms with Crippen LogP contribution in [0, 0.1) is 6.92 Å². The quantitative estimate of drug-likeness (QED) is 0.299. The Balaban J connectivity index is 0.00000288. The molecule has 0 aromatic heterocycles. The van der Waals surface area contributed by atoms with Crippen molar-refractivity contribution in [3.05, 3.63) is 33.9 Å². The normalized spacial score (nSPS) is 12.6. The van der Waals surface area contributed by atoms with Crippen molar-refractivity contribution in [2.24, 2.45) is 0 Å². The molecule has 0 spiro atoms. The van der Waals surface area contributed by atoms with Crippen LogP contribution in [0.3, 0.4) is 0 Å². The van der Waals surface area contributed by atoms with Gasteiger partial charge < -0.3 is 32.1 Å². The molecule has 2 N–H and O–H groups in total. The fraction of sp³-hybridized carbons (Fsp3) is 0.412. The van der Waals surface area contributed by atoms with Crippen molar-refractivity contribution in [3.8, 4) is 11.5 Å². The number of aromatic hydroxyl groups is 1. The molecule has 0 amide bonds. The predicted octanol–water partition coefficient (Wildman–Crippen LogP) is -3.26. The molecule has 0 unspecified atom stereocenters. The van der Waals surface area contributed by atoms with Gasteiger partial charge in [-0.1, -0.05) is 11.6 Å². The van der Waals surface area contributed by atoms with E-state index < -0.39 is 11.9 Å². The van der Waals surface area contributed by atoms with Gasteiger partial charge in [-0.05, 0) is 32.3 Å². The van der Waals surface area contributed by atoms with Gasteiger partial charge in [-0.3, -0.25) is 4.79 Å². The number of hydrogen-bond donors (Lipinski definition) is 2. The number of carbonyl (C=O) groups is 2. The van der Waals surface area contributed by atoms with Crippen LogP contribution < -0.4 is 68.5 Å². The molecule has 2 rings (SSSR count). The molecule has 1 aromatic carbocycles. The molecule has 0 saturated carbocycles. The summed E-state index contributed by atoms with van der Waals surface area (Å²) in [5, 5.41) is 19.1. The van der Waals surface area contributed by atoms with Crippen molar-refractivity contribution in [1.82, 2.24) is 0 Å². The number of methoxy groups -OCH3 is 1. The van der Waals surface area contributed by atoms with E-state index in [1.54, 1.807) is 0 Å². The molecule has 132 valence electrons. The SMILES string of the molecule is COc1c(C)c2c(c(O)c1C/C=C(\C)CCC(=O)O)C(=O)OC2.[Cl-].[K+]. The van der Waals surface area contributed by atoms with E-state index >= 15 is 0 Å². The van der Waals surface area contributed by atoms with E-state index in [2.05, 4.69) is 0 Å². The number of benzene rings is 1. The molecule has 1 aliphatic heterocycles. The van der Waals surface area contributed by atoms with Gasteiger partial charge in [0, 0.05) is 17.5 Å². The zero-order valence-electron chi connectivity index (χ0n) is 14.8. The first-order valence-corrected chi connectivity index (χ1v) is 7.32. The van der Waals surface area contributed by atoms with Crippen molar-refractivity contribution in [2.45, 2.75) is 39.7 Å². The summed E-state index contributed by atoms with van der Waals surface area (Å²) in [4.78, 5) is 22.4. The van der Waals surface area contributed by atoms with Gasteiger partial charge in [0.05, 0.1) is 7.11 Å². The summed E-state index contributed by atoms with van der Waals surface area (Å²) in [6.45, 7) is 3.79. The van der Waals surface area contributed by atoms with Gasteiger partial charge in [-0.2, -0.15) is 0 Å².